The fourth-order valence-corrected chi connectivity index (χ4v) is 2.87. The largest absolute Gasteiger partial charge is 0.251 e. The van der Waals surface area contributed by atoms with Crippen LogP contribution < -0.4 is 0 Å². The number of hydrogen-bond acceptors (Lipinski definition) is 2. The summed E-state index contributed by atoms with van der Waals surface area (Å²) in [5, 5.41) is 0.762. The monoisotopic (exact) mass is 259 g/mol. The molecule has 0 saturated carbocycles. The Morgan fingerprint density at radius 1 is 1.00 bits per heavy atom. The van der Waals surface area contributed by atoms with Crippen molar-refractivity contribution in [3.8, 4) is 0 Å². The summed E-state index contributed by atoms with van der Waals surface area (Å²) in [6.45, 7) is 0. The van der Waals surface area contributed by atoms with E-state index in [1.807, 2.05) is 42.1 Å². The molecule has 0 fully saturated rings. The molecular formula is C14H10ClNS. The minimum Gasteiger partial charge on any atom is -0.251 e. The molecule has 0 atom stereocenters. The maximum atomic E-state index is 5.89. The second-order valence-corrected chi connectivity index (χ2v) is 5.28. The van der Waals surface area contributed by atoms with Gasteiger partial charge in [-0.1, -0.05) is 35.9 Å². The molecule has 1 aliphatic heterocycles. The number of hydrogen-bond donors (Lipinski definition) is 0. The Balaban J connectivity index is 2.01. The van der Waals surface area contributed by atoms with Gasteiger partial charge in [-0.25, -0.2) is 0 Å². The van der Waals surface area contributed by atoms with Crippen LogP contribution in [0.1, 0.15) is 5.56 Å². The van der Waals surface area contributed by atoms with E-state index in [0.717, 1.165) is 27.7 Å². The molecule has 2 aromatic carbocycles. The van der Waals surface area contributed by atoms with Crippen molar-refractivity contribution in [2.45, 2.75) is 4.90 Å². The van der Waals surface area contributed by atoms with E-state index in [2.05, 4.69) is 18.2 Å². The van der Waals surface area contributed by atoms with Crippen molar-refractivity contribution >= 4 is 34.8 Å². The highest BCUT2D eigenvalue weighted by molar-refractivity contribution is 8.00. The summed E-state index contributed by atoms with van der Waals surface area (Å²) >= 11 is 7.72. The Morgan fingerprint density at radius 2 is 1.76 bits per heavy atom. The summed E-state index contributed by atoms with van der Waals surface area (Å²) in [5.41, 5.74) is 3.33. The van der Waals surface area contributed by atoms with E-state index in [0.29, 0.717) is 0 Å². The summed E-state index contributed by atoms with van der Waals surface area (Å²) in [6.07, 6.45) is 0. The van der Waals surface area contributed by atoms with E-state index >= 15 is 0 Å². The first-order valence-electron chi connectivity index (χ1n) is 5.38. The zero-order valence-corrected chi connectivity index (χ0v) is 10.6. The summed E-state index contributed by atoms with van der Waals surface area (Å²) < 4.78 is 0. The number of fused-ring (bicyclic) bond motifs is 1. The molecule has 0 aliphatic carbocycles. The third-order valence-corrected chi connectivity index (χ3v) is 3.99. The van der Waals surface area contributed by atoms with Crippen LogP contribution in [0.15, 0.2) is 58.4 Å². The van der Waals surface area contributed by atoms with Gasteiger partial charge in [0.1, 0.15) is 0 Å². The van der Waals surface area contributed by atoms with Crippen LogP contribution in [0, 0.1) is 0 Å². The summed E-state index contributed by atoms with van der Waals surface area (Å²) in [7, 11) is 0. The number of aliphatic imine (C=N–C) groups is 1. The first-order valence-corrected chi connectivity index (χ1v) is 6.74. The number of rotatable bonds is 1. The molecule has 0 bridgehead atoms. The molecule has 1 aliphatic rings. The molecule has 0 radical (unpaired) electrons. The minimum absolute atomic E-state index is 0.762. The lowest BCUT2D eigenvalue weighted by Gasteiger charge is -2.14. The van der Waals surface area contributed by atoms with Crippen molar-refractivity contribution < 1.29 is 0 Å². The maximum Gasteiger partial charge on any atom is 0.0769 e. The van der Waals surface area contributed by atoms with Crippen LogP contribution in [0.5, 0.6) is 0 Å². The molecule has 3 rings (SSSR count). The van der Waals surface area contributed by atoms with Crippen LogP contribution in [0.4, 0.5) is 5.69 Å². The molecule has 0 saturated heterocycles. The zero-order chi connectivity index (χ0) is 11.7. The summed E-state index contributed by atoms with van der Waals surface area (Å²) in [6, 6.07) is 16.1. The van der Waals surface area contributed by atoms with Crippen LogP contribution in [0.25, 0.3) is 0 Å². The number of para-hydroxylation sites is 1. The highest BCUT2D eigenvalue weighted by Gasteiger charge is 2.13. The Morgan fingerprint density at radius 3 is 2.59 bits per heavy atom. The molecule has 84 valence electrons. The fraction of sp³-hybridized carbons (Fsp3) is 0.0714. The first kappa shape index (κ1) is 10.9. The van der Waals surface area contributed by atoms with Gasteiger partial charge in [0.2, 0.25) is 0 Å². The molecule has 1 heterocycles. The molecule has 0 aromatic heterocycles. The molecule has 0 spiro atoms. The SMILES string of the molecule is Clc1ccc(C2=Nc3ccccc3SC2)cc1. The van der Waals surface area contributed by atoms with Crippen LogP contribution in [-0.4, -0.2) is 11.5 Å². The predicted molar refractivity (Wildman–Crippen MR) is 74.8 cm³/mol. The van der Waals surface area contributed by atoms with Crippen molar-refractivity contribution in [2.24, 2.45) is 4.99 Å². The van der Waals surface area contributed by atoms with Crippen LogP contribution in [0.3, 0.4) is 0 Å². The average molecular weight is 260 g/mol. The quantitative estimate of drug-likeness (QED) is 0.731. The summed E-state index contributed by atoms with van der Waals surface area (Å²) in [4.78, 5) is 5.95. The molecule has 0 N–H and O–H groups in total. The normalized spacial score (nSPS) is 14.1. The Hall–Kier alpha value is -1.25. The van der Waals surface area contributed by atoms with Gasteiger partial charge in [-0.2, -0.15) is 0 Å². The topological polar surface area (TPSA) is 12.4 Å². The lowest BCUT2D eigenvalue weighted by molar-refractivity contribution is 1.34. The summed E-state index contributed by atoms with van der Waals surface area (Å²) in [5.74, 6) is 0.915. The van der Waals surface area contributed by atoms with Gasteiger partial charge < -0.3 is 0 Å². The van der Waals surface area contributed by atoms with Gasteiger partial charge in [0.05, 0.1) is 11.4 Å². The fourth-order valence-electron chi connectivity index (χ4n) is 1.79. The Labute approximate surface area is 110 Å². The molecule has 0 unspecified atom stereocenters. The smallest absolute Gasteiger partial charge is 0.0769 e. The van der Waals surface area contributed by atoms with Gasteiger partial charge in [0, 0.05) is 15.7 Å². The second kappa shape index (κ2) is 4.55. The Bertz CT molecular complexity index is 575. The van der Waals surface area contributed by atoms with Gasteiger partial charge in [-0.15, -0.1) is 11.8 Å². The standard InChI is InChI=1S/C14H10ClNS/c15-11-7-5-10(6-8-11)13-9-17-14-4-2-1-3-12(14)16-13/h1-8H,9H2. The van der Waals surface area contributed by atoms with Gasteiger partial charge in [-0.05, 0) is 29.8 Å². The van der Waals surface area contributed by atoms with E-state index in [1.54, 1.807) is 0 Å². The zero-order valence-electron chi connectivity index (χ0n) is 9.06. The average Bonchev–Trinajstić information content (AvgIpc) is 2.39. The van der Waals surface area contributed by atoms with Crippen LogP contribution >= 0.6 is 23.4 Å². The lowest BCUT2D eigenvalue weighted by Crippen LogP contribution is -2.07. The van der Waals surface area contributed by atoms with Gasteiger partial charge in [-0.3, -0.25) is 4.99 Å². The van der Waals surface area contributed by atoms with Crippen molar-refractivity contribution in [3.05, 3.63) is 59.1 Å². The number of thioether (sulfide) groups is 1. The molecule has 3 heteroatoms. The number of nitrogens with zero attached hydrogens (tertiary/aromatic N) is 1. The number of halogens is 1. The van der Waals surface area contributed by atoms with Gasteiger partial charge in [0.25, 0.3) is 0 Å². The van der Waals surface area contributed by atoms with Crippen LogP contribution in [0.2, 0.25) is 5.02 Å². The molecule has 2 aromatic rings. The van der Waals surface area contributed by atoms with Crippen molar-refractivity contribution in [1.29, 1.82) is 0 Å². The predicted octanol–water partition coefficient (Wildman–Crippen LogP) is 4.57. The minimum atomic E-state index is 0.762. The molecular weight excluding hydrogens is 250 g/mol. The molecule has 1 nitrogen and oxygen atoms in total. The highest BCUT2D eigenvalue weighted by Crippen LogP contribution is 2.34. The van der Waals surface area contributed by atoms with Crippen LogP contribution in [-0.2, 0) is 0 Å². The third-order valence-electron chi connectivity index (χ3n) is 2.66. The van der Waals surface area contributed by atoms with E-state index in [-0.39, 0.29) is 0 Å². The van der Waals surface area contributed by atoms with E-state index in [9.17, 15) is 0 Å². The second-order valence-electron chi connectivity index (χ2n) is 3.82. The van der Waals surface area contributed by atoms with Gasteiger partial charge in [0.15, 0.2) is 0 Å². The maximum absolute atomic E-state index is 5.89. The van der Waals surface area contributed by atoms with E-state index in [4.69, 9.17) is 16.6 Å². The van der Waals surface area contributed by atoms with Crippen molar-refractivity contribution in [1.82, 2.24) is 0 Å². The molecule has 17 heavy (non-hydrogen) atoms. The lowest BCUT2D eigenvalue weighted by atomic mass is 10.1. The Kier molecular flexibility index (Phi) is 2.91. The molecule has 0 amide bonds. The third kappa shape index (κ3) is 2.24. The van der Waals surface area contributed by atoms with E-state index in [1.165, 1.54) is 4.90 Å². The van der Waals surface area contributed by atoms with E-state index < -0.39 is 0 Å². The van der Waals surface area contributed by atoms with Crippen molar-refractivity contribution in [2.75, 3.05) is 5.75 Å². The highest BCUT2D eigenvalue weighted by atomic mass is 35.5. The first-order chi connectivity index (χ1) is 8.33. The van der Waals surface area contributed by atoms with Crippen molar-refractivity contribution in [3.63, 3.8) is 0 Å². The van der Waals surface area contributed by atoms with Gasteiger partial charge >= 0.3 is 0 Å². The number of benzene rings is 2.